The number of carbonyl (C=O) groups excluding carboxylic acids is 2. The first-order valence-corrected chi connectivity index (χ1v) is 11.2. The smallest absolute Gasteiger partial charge is 0.411 e. The highest BCUT2D eigenvalue weighted by atomic mass is 35.5. The molecule has 0 atom stereocenters. The summed E-state index contributed by atoms with van der Waals surface area (Å²) >= 11 is 6.45. The molecular formula is C23H27ClN6O3. The van der Waals surface area contributed by atoms with Gasteiger partial charge in [-0.15, -0.1) is 0 Å². The van der Waals surface area contributed by atoms with Gasteiger partial charge >= 0.3 is 12.1 Å². The Kier molecular flexibility index (Phi) is 6.16. The number of rotatable bonds is 4. The summed E-state index contributed by atoms with van der Waals surface area (Å²) in [5.41, 5.74) is 2.18. The van der Waals surface area contributed by atoms with E-state index in [1.165, 1.54) is 6.20 Å². The maximum atomic E-state index is 12.8. The average molecular weight is 471 g/mol. The molecule has 174 valence electrons. The van der Waals surface area contributed by atoms with Gasteiger partial charge in [0, 0.05) is 35.7 Å². The van der Waals surface area contributed by atoms with Crippen molar-refractivity contribution in [1.29, 1.82) is 0 Å². The van der Waals surface area contributed by atoms with E-state index in [2.05, 4.69) is 34.4 Å². The number of nitrogens with one attached hydrogen (secondary N) is 2. The summed E-state index contributed by atoms with van der Waals surface area (Å²) in [7, 11) is 0. The van der Waals surface area contributed by atoms with Crippen LogP contribution in [0.3, 0.4) is 0 Å². The largest absolute Gasteiger partial charge is 0.447 e. The number of hydrogen-bond donors (Lipinski definition) is 2. The van der Waals surface area contributed by atoms with Crippen LogP contribution in [0.5, 0.6) is 0 Å². The van der Waals surface area contributed by atoms with E-state index in [1.807, 2.05) is 4.90 Å². The summed E-state index contributed by atoms with van der Waals surface area (Å²) in [5.74, 6) is 0.442. The molecule has 2 N–H and O–H groups in total. The lowest BCUT2D eigenvalue weighted by Crippen LogP contribution is -2.44. The third-order valence-electron chi connectivity index (χ3n) is 5.54. The van der Waals surface area contributed by atoms with Crippen molar-refractivity contribution in [3.8, 4) is 11.3 Å². The predicted molar refractivity (Wildman–Crippen MR) is 128 cm³/mol. The van der Waals surface area contributed by atoms with Gasteiger partial charge in [-0.3, -0.25) is 9.72 Å². The lowest BCUT2D eigenvalue weighted by atomic mass is 10.0. The van der Waals surface area contributed by atoms with E-state index in [0.717, 1.165) is 19.4 Å². The number of nitrogens with zero attached hydrogens (tertiary/aromatic N) is 4. The van der Waals surface area contributed by atoms with Crippen LogP contribution in [0.1, 0.15) is 40.5 Å². The van der Waals surface area contributed by atoms with Crippen LogP contribution in [-0.4, -0.2) is 49.6 Å². The fraction of sp³-hybridized carbons (Fsp3) is 0.391. The molecular weight excluding hydrogens is 444 g/mol. The van der Waals surface area contributed by atoms with Crippen molar-refractivity contribution in [2.75, 3.05) is 17.2 Å². The zero-order chi connectivity index (χ0) is 23.8. The number of fused-ring (bicyclic) bond motifs is 1. The Labute approximate surface area is 197 Å². The molecule has 0 bridgehead atoms. The number of halogens is 1. The zero-order valence-corrected chi connectivity index (χ0v) is 19.8. The molecule has 3 amide bonds. The molecule has 0 unspecified atom stereocenters. The Balaban J connectivity index is 1.56. The number of hydrogen-bond acceptors (Lipinski definition) is 5. The number of anilines is 2. The second kappa shape index (κ2) is 8.90. The highest BCUT2D eigenvalue weighted by Crippen LogP contribution is 2.32. The highest BCUT2D eigenvalue weighted by Gasteiger charge is 2.35. The SMILES string of the molecule is CC(C)OC(=O)Nc1cnc2nc(-c3cc(NC(=O)N4CCCC4(C)C)ccc3Cl)cn2c1. The first-order valence-electron chi connectivity index (χ1n) is 10.8. The maximum Gasteiger partial charge on any atom is 0.411 e. The molecule has 0 saturated carbocycles. The molecule has 0 radical (unpaired) electrons. The van der Waals surface area contributed by atoms with Crippen molar-refractivity contribution in [2.45, 2.75) is 52.2 Å². The number of urea groups is 1. The summed E-state index contributed by atoms with van der Waals surface area (Å²) in [5, 5.41) is 6.11. The maximum absolute atomic E-state index is 12.8. The van der Waals surface area contributed by atoms with Gasteiger partial charge in [0.15, 0.2) is 0 Å². The van der Waals surface area contributed by atoms with Crippen LogP contribution >= 0.6 is 11.6 Å². The highest BCUT2D eigenvalue weighted by molar-refractivity contribution is 6.33. The molecule has 4 rings (SSSR count). The molecule has 1 aliphatic rings. The molecule has 3 aromatic rings. The molecule has 3 heterocycles. The van der Waals surface area contributed by atoms with Gasteiger partial charge in [0.1, 0.15) is 0 Å². The van der Waals surface area contributed by atoms with Gasteiger partial charge in [0.2, 0.25) is 5.78 Å². The standard InChI is InChI=1S/C23H27ClN6O3/c1-14(2)33-22(32)27-16-11-25-20-28-19(13-29(20)12-16)17-10-15(6-7-18(17)24)26-21(31)30-9-5-8-23(30,3)4/h6-7,10-14H,5,8-9H2,1-4H3,(H,26,31)(H,27,32). The van der Waals surface area contributed by atoms with Crippen LogP contribution in [0.4, 0.5) is 21.0 Å². The first-order chi connectivity index (χ1) is 15.6. The third kappa shape index (κ3) is 5.03. The van der Waals surface area contributed by atoms with Gasteiger partial charge in [-0.25, -0.2) is 19.6 Å². The Hall–Kier alpha value is -3.33. The summed E-state index contributed by atoms with van der Waals surface area (Å²) < 4.78 is 6.78. The van der Waals surface area contributed by atoms with Crippen molar-refractivity contribution in [1.82, 2.24) is 19.3 Å². The molecule has 10 heteroatoms. The number of aromatic nitrogens is 3. The van der Waals surface area contributed by atoms with E-state index in [-0.39, 0.29) is 17.7 Å². The average Bonchev–Trinajstić information content (AvgIpc) is 3.30. The van der Waals surface area contributed by atoms with E-state index in [1.54, 1.807) is 48.8 Å². The minimum Gasteiger partial charge on any atom is -0.447 e. The number of carbonyl (C=O) groups is 2. The Bertz CT molecular complexity index is 1210. The van der Waals surface area contributed by atoms with Crippen LogP contribution in [0.25, 0.3) is 17.0 Å². The van der Waals surface area contributed by atoms with Gasteiger partial charge in [-0.2, -0.15) is 0 Å². The monoisotopic (exact) mass is 470 g/mol. The Morgan fingerprint density at radius 2 is 1.97 bits per heavy atom. The lowest BCUT2D eigenvalue weighted by Gasteiger charge is -2.31. The van der Waals surface area contributed by atoms with E-state index in [4.69, 9.17) is 16.3 Å². The number of ether oxygens (including phenoxy) is 1. The molecule has 0 spiro atoms. The number of benzene rings is 1. The Morgan fingerprint density at radius 1 is 1.18 bits per heavy atom. The fourth-order valence-electron chi connectivity index (χ4n) is 3.91. The summed E-state index contributed by atoms with van der Waals surface area (Å²) in [6, 6.07) is 5.16. The number of likely N-dealkylation sites (tertiary alicyclic amines) is 1. The fourth-order valence-corrected chi connectivity index (χ4v) is 4.13. The van der Waals surface area contributed by atoms with Gasteiger partial charge in [-0.1, -0.05) is 11.6 Å². The predicted octanol–water partition coefficient (Wildman–Crippen LogP) is 5.41. The van der Waals surface area contributed by atoms with E-state index < -0.39 is 6.09 Å². The van der Waals surface area contributed by atoms with Crippen LogP contribution in [0.15, 0.2) is 36.8 Å². The molecule has 33 heavy (non-hydrogen) atoms. The molecule has 9 nitrogen and oxygen atoms in total. The summed E-state index contributed by atoms with van der Waals surface area (Å²) in [6.45, 7) is 8.42. The van der Waals surface area contributed by atoms with Gasteiger partial charge in [0.25, 0.3) is 0 Å². The quantitative estimate of drug-likeness (QED) is 0.530. The van der Waals surface area contributed by atoms with Gasteiger partial charge in [0.05, 0.1) is 28.7 Å². The van der Waals surface area contributed by atoms with Crippen molar-refractivity contribution >= 4 is 40.9 Å². The topological polar surface area (TPSA) is 101 Å². The minimum atomic E-state index is -0.556. The van der Waals surface area contributed by atoms with E-state index >= 15 is 0 Å². The normalized spacial score (nSPS) is 15.2. The Morgan fingerprint density at radius 3 is 2.67 bits per heavy atom. The van der Waals surface area contributed by atoms with Crippen molar-refractivity contribution < 1.29 is 14.3 Å². The first kappa shape index (κ1) is 22.8. The second-order valence-corrected chi connectivity index (χ2v) is 9.35. The molecule has 2 aromatic heterocycles. The second-order valence-electron chi connectivity index (χ2n) is 8.95. The lowest BCUT2D eigenvalue weighted by molar-refractivity contribution is 0.130. The van der Waals surface area contributed by atoms with Crippen LogP contribution in [-0.2, 0) is 4.74 Å². The summed E-state index contributed by atoms with van der Waals surface area (Å²) in [6.07, 6.45) is 6.14. The van der Waals surface area contributed by atoms with Crippen molar-refractivity contribution in [3.05, 3.63) is 41.8 Å². The minimum absolute atomic E-state index is 0.133. The van der Waals surface area contributed by atoms with E-state index in [0.29, 0.717) is 33.4 Å². The van der Waals surface area contributed by atoms with Crippen molar-refractivity contribution in [2.24, 2.45) is 0 Å². The molecule has 0 aliphatic carbocycles. The van der Waals surface area contributed by atoms with Crippen LogP contribution < -0.4 is 10.6 Å². The summed E-state index contributed by atoms with van der Waals surface area (Å²) in [4.78, 5) is 35.3. The number of imidazole rings is 1. The molecule has 1 fully saturated rings. The zero-order valence-electron chi connectivity index (χ0n) is 19.1. The van der Waals surface area contributed by atoms with Crippen LogP contribution in [0, 0.1) is 0 Å². The third-order valence-corrected chi connectivity index (χ3v) is 5.87. The van der Waals surface area contributed by atoms with E-state index in [9.17, 15) is 9.59 Å². The van der Waals surface area contributed by atoms with Gasteiger partial charge in [-0.05, 0) is 58.7 Å². The molecule has 1 aromatic carbocycles. The molecule has 1 saturated heterocycles. The van der Waals surface area contributed by atoms with Crippen molar-refractivity contribution in [3.63, 3.8) is 0 Å². The molecule has 1 aliphatic heterocycles. The number of amides is 3. The van der Waals surface area contributed by atoms with Gasteiger partial charge < -0.3 is 15.0 Å². The van der Waals surface area contributed by atoms with Crippen LogP contribution in [0.2, 0.25) is 5.02 Å².